The van der Waals surface area contributed by atoms with E-state index in [1.807, 2.05) is 10.9 Å². The fraction of sp³-hybridized carbons (Fsp3) is 0.769. The van der Waals surface area contributed by atoms with Gasteiger partial charge in [0.1, 0.15) is 0 Å². The average Bonchev–Trinajstić information content (AvgIpc) is 2.56. The lowest BCUT2D eigenvalue weighted by Gasteiger charge is -2.15. The van der Waals surface area contributed by atoms with Crippen LogP contribution < -0.4 is 5.32 Å². The van der Waals surface area contributed by atoms with Crippen molar-refractivity contribution >= 4 is 5.69 Å². The zero-order chi connectivity index (χ0) is 11.4. The Balaban J connectivity index is 1.91. The van der Waals surface area contributed by atoms with Gasteiger partial charge in [-0.05, 0) is 26.7 Å². The lowest BCUT2D eigenvalue weighted by atomic mass is 10.1. The Hall–Kier alpha value is -0.990. The first kappa shape index (κ1) is 11.5. The van der Waals surface area contributed by atoms with Gasteiger partial charge in [-0.3, -0.25) is 4.68 Å². The van der Waals surface area contributed by atoms with Crippen LogP contribution in [0.25, 0.3) is 0 Å². The van der Waals surface area contributed by atoms with Gasteiger partial charge in [-0.25, -0.2) is 0 Å². The van der Waals surface area contributed by atoms with E-state index < -0.39 is 0 Å². The van der Waals surface area contributed by atoms with E-state index >= 15 is 0 Å². The standard InChI is InChI=1S/C13H23N3/c1-11(2)16-10-13(9-14-16)15-12-7-5-3-4-6-8-12/h9-12,15H,3-8H2,1-2H3. The molecule has 0 saturated heterocycles. The van der Waals surface area contributed by atoms with Crippen LogP contribution in [0.3, 0.4) is 0 Å². The maximum Gasteiger partial charge on any atom is 0.0728 e. The summed E-state index contributed by atoms with van der Waals surface area (Å²) < 4.78 is 2.01. The van der Waals surface area contributed by atoms with Crippen molar-refractivity contribution in [3.05, 3.63) is 12.4 Å². The van der Waals surface area contributed by atoms with Crippen LogP contribution in [0.15, 0.2) is 12.4 Å². The van der Waals surface area contributed by atoms with Crippen molar-refractivity contribution in [1.29, 1.82) is 0 Å². The van der Waals surface area contributed by atoms with E-state index in [4.69, 9.17) is 0 Å². The summed E-state index contributed by atoms with van der Waals surface area (Å²) in [6.45, 7) is 4.31. The monoisotopic (exact) mass is 221 g/mol. The molecular weight excluding hydrogens is 198 g/mol. The van der Waals surface area contributed by atoms with E-state index in [-0.39, 0.29) is 0 Å². The minimum absolute atomic E-state index is 0.449. The molecule has 0 aromatic carbocycles. The summed E-state index contributed by atoms with van der Waals surface area (Å²) in [6, 6.07) is 1.11. The Bertz CT molecular complexity index is 309. The van der Waals surface area contributed by atoms with Gasteiger partial charge in [-0.1, -0.05) is 25.7 Å². The van der Waals surface area contributed by atoms with Crippen molar-refractivity contribution in [2.75, 3.05) is 5.32 Å². The Morgan fingerprint density at radius 2 is 1.94 bits per heavy atom. The van der Waals surface area contributed by atoms with Gasteiger partial charge >= 0.3 is 0 Å². The third-order valence-corrected chi connectivity index (χ3v) is 3.36. The van der Waals surface area contributed by atoms with Gasteiger partial charge in [0, 0.05) is 18.3 Å². The largest absolute Gasteiger partial charge is 0.380 e. The fourth-order valence-corrected chi connectivity index (χ4v) is 2.35. The quantitative estimate of drug-likeness (QED) is 0.790. The molecule has 1 saturated carbocycles. The van der Waals surface area contributed by atoms with E-state index in [0.29, 0.717) is 12.1 Å². The van der Waals surface area contributed by atoms with Crippen LogP contribution in [0.2, 0.25) is 0 Å². The number of hydrogen-bond donors (Lipinski definition) is 1. The molecular formula is C13H23N3. The molecule has 3 heteroatoms. The Kier molecular flexibility index (Phi) is 3.86. The third-order valence-electron chi connectivity index (χ3n) is 3.36. The van der Waals surface area contributed by atoms with Crippen LogP contribution in [0.4, 0.5) is 5.69 Å². The second kappa shape index (κ2) is 5.37. The van der Waals surface area contributed by atoms with Crippen LogP contribution in [0, 0.1) is 0 Å². The molecule has 1 fully saturated rings. The van der Waals surface area contributed by atoms with Crippen LogP contribution >= 0.6 is 0 Å². The molecule has 1 heterocycles. The van der Waals surface area contributed by atoms with E-state index in [2.05, 4.69) is 30.5 Å². The number of rotatable bonds is 3. The minimum atomic E-state index is 0.449. The molecule has 1 aliphatic rings. The highest BCUT2D eigenvalue weighted by Crippen LogP contribution is 2.21. The SMILES string of the molecule is CC(C)n1cc(NC2CCCCCC2)cn1. The van der Waals surface area contributed by atoms with E-state index in [0.717, 1.165) is 0 Å². The van der Waals surface area contributed by atoms with Gasteiger partial charge in [0.25, 0.3) is 0 Å². The number of hydrogen-bond acceptors (Lipinski definition) is 2. The summed E-state index contributed by atoms with van der Waals surface area (Å²) in [7, 11) is 0. The highest BCUT2D eigenvalue weighted by molar-refractivity contribution is 5.39. The molecule has 90 valence electrons. The highest BCUT2D eigenvalue weighted by atomic mass is 15.3. The normalized spacial score (nSPS) is 18.7. The summed E-state index contributed by atoms with van der Waals surface area (Å²) in [5.74, 6) is 0. The predicted octanol–water partition coefficient (Wildman–Crippen LogP) is 3.60. The van der Waals surface area contributed by atoms with Crippen molar-refractivity contribution in [1.82, 2.24) is 9.78 Å². The summed E-state index contributed by atoms with van der Waals surface area (Å²) in [6.07, 6.45) is 12.2. The number of nitrogens with zero attached hydrogens (tertiary/aromatic N) is 2. The Morgan fingerprint density at radius 1 is 1.25 bits per heavy atom. The second-order valence-corrected chi connectivity index (χ2v) is 5.14. The van der Waals surface area contributed by atoms with Crippen LogP contribution in [0.1, 0.15) is 58.4 Å². The maximum atomic E-state index is 4.36. The van der Waals surface area contributed by atoms with Crippen molar-refractivity contribution in [3.63, 3.8) is 0 Å². The van der Waals surface area contributed by atoms with Gasteiger partial charge in [-0.2, -0.15) is 5.10 Å². The van der Waals surface area contributed by atoms with Gasteiger partial charge in [-0.15, -0.1) is 0 Å². The van der Waals surface area contributed by atoms with Crippen LogP contribution in [0.5, 0.6) is 0 Å². The molecule has 0 amide bonds. The lowest BCUT2D eigenvalue weighted by Crippen LogP contribution is -2.17. The molecule has 0 bridgehead atoms. The first-order chi connectivity index (χ1) is 7.75. The molecule has 0 spiro atoms. The zero-order valence-electron chi connectivity index (χ0n) is 10.4. The molecule has 0 radical (unpaired) electrons. The predicted molar refractivity (Wildman–Crippen MR) is 67.7 cm³/mol. The minimum Gasteiger partial charge on any atom is -0.380 e. The summed E-state index contributed by atoms with van der Waals surface area (Å²) >= 11 is 0. The fourth-order valence-electron chi connectivity index (χ4n) is 2.35. The molecule has 0 atom stereocenters. The molecule has 1 aliphatic carbocycles. The van der Waals surface area contributed by atoms with Crippen LogP contribution in [-0.2, 0) is 0 Å². The molecule has 1 aromatic rings. The van der Waals surface area contributed by atoms with Crippen molar-refractivity contribution in [3.8, 4) is 0 Å². The maximum absolute atomic E-state index is 4.36. The zero-order valence-corrected chi connectivity index (χ0v) is 10.4. The molecule has 3 nitrogen and oxygen atoms in total. The number of aromatic nitrogens is 2. The number of anilines is 1. The molecule has 0 aliphatic heterocycles. The van der Waals surface area contributed by atoms with Gasteiger partial charge in [0.05, 0.1) is 11.9 Å². The van der Waals surface area contributed by atoms with Gasteiger partial charge in [0.2, 0.25) is 0 Å². The summed E-state index contributed by atoms with van der Waals surface area (Å²) in [4.78, 5) is 0. The van der Waals surface area contributed by atoms with E-state index in [9.17, 15) is 0 Å². The van der Waals surface area contributed by atoms with Gasteiger partial charge < -0.3 is 5.32 Å². The summed E-state index contributed by atoms with van der Waals surface area (Å²) in [5, 5.41) is 7.97. The topological polar surface area (TPSA) is 29.9 Å². The van der Waals surface area contributed by atoms with E-state index in [1.165, 1.54) is 44.2 Å². The Labute approximate surface area is 98.2 Å². The lowest BCUT2D eigenvalue weighted by molar-refractivity contribution is 0.532. The average molecular weight is 221 g/mol. The molecule has 1 N–H and O–H groups in total. The smallest absolute Gasteiger partial charge is 0.0728 e. The van der Waals surface area contributed by atoms with Crippen LogP contribution in [-0.4, -0.2) is 15.8 Å². The van der Waals surface area contributed by atoms with Crippen molar-refractivity contribution in [2.45, 2.75) is 64.5 Å². The first-order valence-electron chi connectivity index (χ1n) is 6.56. The van der Waals surface area contributed by atoms with Crippen molar-refractivity contribution in [2.24, 2.45) is 0 Å². The summed E-state index contributed by atoms with van der Waals surface area (Å²) in [5.41, 5.74) is 1.18. The Morgan fingerprint density at radius 3 is 2.50 bits per heavy atom. The molecule has 1 aromatic heterocycles. The number of nitrogens with one attached hydrogen (secondary N) is 1. The van der Waals surface area contributed by atoms with Crippen molar-refractivity contribution < 1.29 is 0 Å². The van der Waals surface area contributed by atoms with Gasteiger partial charge in [0.15, 0.2) is 0 Å². The first-order valence-corrected chi connectivity index (χ1v) is 6.56. The van der Waals surface area contributed by atoms with E-state index in [1.54, 1.807) is 0 Å². The highest BCUT2D eigenvalue weighted by Gasteiger charge is 2.12. The second-order valence-electron chi connectivity index (χ2n) is 5.14. The molecule has 2 rings (SSSR count). The molecule has 0 unspecified atom stereocenters. The molecule has 16 heavy (non-hydrogen) atoms. The third kappa shape index (κ3) is 3.00.